The van der Waals surface area contributed by atoms with Gasteiger partial charge in [-0.2, -0.15) is 0 Å². The van der Waals surface area contributed by atoms with Crippen LogP contribution in [-0.2, 0) is 0 Å². The third kappa shape index (κ3) is 3.28. The van der Waals surface area contributed by atoms with E-state index < -0.39 is 0 Å². The maximum absolute atomic E-state index is 11.9. The van der Waals surface area contributed by atoms with Crippen LogP contribution in [0, 0.1) is 0 Å². The van der Waals surface area contributed by atoms with Crippen LogP contribution in [0.1, 0.15) is 10.4 Å². The third-order valence-corrected chi connectivity index (χ3v) is 3.41. The molecule has 0 saturated carbocycles. The number of hydrogen-bond donors (Lipinski definition) is 1. The molecule has 1 amide bonds. The lowest BCUT2D eigenvalue weighted by molar-refractivity contribution is 0.102. The Labute approximate surface area is 115 Å². The van der Waals surface area contributed by atoms with Crippen molar-refractivity contribution in [3.8, 4) is 0 Å². The monoisotopic (exact) mass is 277 g/mol. The fourth-order valence-electron chi connectivity index (χ4n) is 1.51. The van der Waals surface area contributed by atoms with Crippen LogP contribution < -0.4 is 5.32 Å². The summed E-state index contributed by atoms with van der Waals surface area (Å²) in [5.41, 5.74) is 1.33. The molecule has 0 aromatic heterocycles. The van der Waals surface area contributed by atoms with Crippen LogP contribution >= 0.6 is 23.4 Å². The predicted molar refractivity (Wildman–Crippen MR) is 77.6 cm³/mol. The number of nitrogens with one attached hydrogen (secondary N) is 1. The van der Waals surface area contributed by atoms with Crippen molar-refractivity contribution in [2.75, 3.05) is 11.6 Å². The van der Waals surface area contributed by atoms with E-state index >= 15 is 0 Å². The zero-order valence-corrected chi connectivity index (χ0v) is 11.4. The first-order valence-corrected chi connectivity index (χ1v) is 7.00. The van der Waals surface area contributed by atoms with E-state index in [9.17, 15) is 4.79 Å². The summed E-state index contributed by atoms with van der Waals surface area (Å²) >= 11 is 7.51. The normalized spacial score (nSPS) is 10.1. The molecule has 0 fully saturated rings. The number of thioether (sulfide) groups is 1. The number of rotatable bonds is 3. The summed E-state index contributed by atoms with van der Waals surface area (Å²) in [6.07, 6.45) is 2.01. The van der Waals surface area contributed by atoms with Crippen molar-refractivity contribution in [1.29, 1.82) is 0 Å². The van der Waals surface area contributed by atoms with Gasteiger partial charge in [-0.25, -0.2) is 0 Å². The molecular weight excluding hydrogens is 266 g/mol. The van der Waals surface area contributed by atoms with Crippen LogP contribution in [0.2, 0.25) is 5.02 Å². The quantitative estimate of drug-likeness (QED) is 0.847. The summed E-state index contributed by atoms with van der Waals surface area (Å²) in [5.74, 6) is -0.158. The van der Waals surface area contributed by atoms with Crippen molar-refractivity contribution in [2.45, 2.75) is 4.90 Å². The predicted octanol–water partition coefficient (Wildman–Crippen LogP) is 4.31. The molecule has 2 nitrogen and oxygen atoms in total. The number of halogens is 1. The molecule has 0 bridgehead atoms. The van der Waals surface area contributed by atoms with Crippen LogP contribution in [0.5, 0.6) is 0 Å². The molecular formula is C14H12ClNOS. The van der Waals surface area contributed by atoms with Gasteiger partial charge in [0.15, 0.2) is 0 Å². The summed E-state index contributed by atoms with van der Waals surface area (Å²) in [7, 11) is 0. The first-order valence-electron chi connectivity index (χ1n) is 5.40. The Hall–Kier alpha value is -1.45. The van der Waals surface area contributed by atoms with Gasteiger partial charge >= 0.3 is 0 Å². The fourth-order valence-corrected chi connectivity index (χ4v) is 2.11. The topological polar surface area (TPSA) is 29.1 Å². The summed E-state index contributed by atoms with van der Waals surface area (Å²) in [5, 5.41) is 3.39. The Morgan fingerprint density at radius 2 is 1.89 bits per heavy atom. The van der Waals surface area contributed by atoms with Gasteiger partial charge in [0.25, 0.3) is 5.91 Å². The molecule has 0 atom stereocenters. The van der Waals surface area contributed by atoms with Gasteiger partial charge in [0.2, 0.25) is 0 Å². The fraction of sp³-hybridized carbons (Fsp3) is 0.0714. The Morgan fingerprint density at radius 1 is 1.17 bits per heavy atom. The lowest BCUT2D eigenvalue weighted by Crippen LogP contribution is -2.11. The van der Waals surface area contributed by atoms with E-state index in [-0.39, 0.29) is 5.91 Å². The van der Waals surface area contributed by atoms with E-state index in [1.165, 1.54) is 0 Å². The Bertz CT molecular complexity index is 554. The van der Waals surface area contributed by atoms with Gasteiger partial charge in [0.1, 0.15) is 0 Å². The van der Waals surface area contributed by atoms with Crippen molar-refractivity contribution in [3.05, 3.63) is 59.1 Å². The number of hydrogen-bond acceptors (Lipinski definition) is 2. The molecule has 18 heavy (non-hydrogen) atoms. The zero-order chi connectivity index (χ0) is 13.0. The van der Waals surface area contributed by atoms with Gasteiger partial charge in [-0.05, 0) is 48.7 Å². The summed E-state index contributed by atoms with van der Waals surface area (Å²) in [6, 6.07) is 14.6. The lowest BCUT2D eigenvalue weighted by Gasteiger charge is -2.06. The Balaban J connectivity index is 2.11. The average molecular weight is 278 g/mol. The van der Waals surface area contributed by atoms with Crippen molar-refractivity contribution < 1.29 is 4.79 Å². The molecule has 2 aromatic rings. The third-order valence-electron chi connectivity index (χ3n) is 2.43. The highest BCUT2D eigenvalue weighted by Gasteiger charge is 2.06. The van der Waals surface area contributed by atoms with Crippen LogP contribution in [0.25, 0.3) is 0 Å². The molecule has 0 saturated heterocycles. The van der Waals surface area contributed by atoms with Gasteiger partial charge in [0, 0.05) is 21.2 Å². The standard InChI is InChI=1S/C14H12ClNOS/c1-18-13-7-5-12(6-8-13)16-14(17)10-3-2-4-11(15)9-10/h2-9H,1H3,(H,16,17). The van der Waals surface area contributed by atoms with Crippen molar-refractivity contribution in [1.82, 2.24) is 0 Å². The van der Waals surface area contributed by atoms with Gasteiger partial charge in [-0.15, -0.1) is 11.8 Å². The summed E-state index contributed by atoms with van der Waals surface area (Å²) < 4.78 is 0. The van der Waals surface area contributed by atoms with Gasteiger partial charge < -0.3 is 5.32 Å². The van der Waals surface area contributed by atoms with Crippen LogP contribution in [-0.4, -0.2) is 12.2 Å². The highest BCUT2D eigenvalue weighted by molar-refractivity contribution is 7.98. The molecule has 4 heteroatoms. The van der Waals surface area contributed by atoms with E-state index in [0.29, 0.717) is 10.6 Å². The highest BCUT2D eigenvalue weighted by atomic mass is 35.5. The maximum atomic E-state index is 11.9. The molecule has 0 aliphatic heterocycles. The zero-order valence-electron chi connectivity index (χ0n) is 9.81. The van der Waals surface area contributed by atoms with Crippen molar-refractivity contribution in [2.24, 2.45) is 0 Å². The number of benzene rings is 2. The molecule has 2 aromatic carbocycles. The maximum Gasteiger partial charge on any atom is 0.255 e. The molecule has 0 unspecified atom stereocenters. The second kappa shape index (κ2) is 5.94. The molecule has 0 radical (unpaired) electrons. The molecule has 0 heterocycles. The molecule has 0 aliphatic carbocycles. The second-order valence-electron chi connectivity index (χ2n) is 3.69. The van der Waals surface area contributed by atoms with Crippen molar-refractivity contribution >= 4 is 35.0 Å². The molecule has 0 spiro atoms. The minimum Gasteiger partial charge on any atom is -0.322 e. The van der Waals surface area contributed by atoms with Crippen LogP contribution in [0.4, 0.5) is 5.69 Å². The van der Waals surface area contributed by atoms with Gasteiger partial charge in [0.05, 0.1) is 0 Å². The summed E-state index contributed by atoms with van der Waals surface area (Å²) in [4.78, 5) is 13.1. The minimum absolute atomic E-state index is 0.158. The minimum atomic E-state index is -0.158. The van der Waals surface area contributed by atoms with E-state index in [0.717, 1.165) is 10.6 Å². The van der Waals surface area contributed by atoms with Crippen LogP contribution in [0.15, 0.2) is 53.4 Å². The molecule has 0 aliphatic rings. The smallest absolute Gasteiger partial charge is 0.255 e. The molecule has 1 N–H and O–H groups in total. The first-order chi connectivity index (χ1) is 8.69. The van der Waals surface area contributed by atoms with Crippen LogP contribution in [0.3, 0.4) is 0 Å². The Kier molecular flexibility index (Phi) is 4.28. The number of carbonyl (C=O) groups is 1. The van der Waals surface area contributed by atoms with Gasteiger partial charge in [-0.1, -0.05) is 17.7 Å². The SMILES string of the molecule is CSc1ccc(NC(=O)c2cccc(Cl)c2)cc1. The highest BCUT2D eigenvalue weighted by Crippen LogP contribution is 2.18. The average Bonchev–Trinajstić information content (AvgIpc) is 2.39. The van der Waals surface area contributed by atoms with E-state index in [1.807, 2.05) is 30.5 Å². The van der Waals surface area contributed by atoms with E-state index in [2.05, 4.69) is 5.32 Å². The first kappa shape index (κ1) is 13.0. The number of anilines is 1. The van der Waals surface area contributed by atoms with E-state index in [4.69, 9.17) is 11.6 Å². The van der Waals surface area contributed by atoms with Gasteiger partial charge in [-0.3, -0.25) is 4.79 Å². The summed E-state index contributed by atoms with van der Waals surface area (Å²) in [6.45, 7) is 0. The number of carbonyl (C=O) groups excluding carboxylic acids is 1. The lowest BCUT2D eigenvalue weighted by atomic mass is 10.2. The number of amides is 1. The second-order valence-corrected chi connectivity index (χ2v) is 5.01. The van der Waals surface area contributed by atoms with Crippen molar-refractivity contribution in [3.63, 3.8) is 0 Å². The largest absolute Gasteiger partial charge is 0.322 e. The Morgan fingerprint density at radius 3 is 2.50 bits per heavy atom. The van der Waals surface area contributed by atoms with E-state index in [1.54, 1.807) is 36.0 Å². The molecule has 92 valence electrons. The molecule has 2 rings (SSSR count).